The number of phenols is 1. The lowest BCUT2D eigenvalue weighted by molar-refractivity contribution is -0.135. The summed E-state index contributed by atoms with van der Waals surface area (Å²) in [5.41, 5.74) is -0.468. The second-order valence-electron chi connectivity index (χ2n) is 5.59. The maximum absolute atomic E-state index is 12.9. The minimum atomic E-state index is -1.34. The Morgan fingerprint density at radius 1 is 0.870 bits per heavy atom. The highest BCUT2D eigenvalue weighted by Gasteiger charge is 2.36. The zero-order valence-electron chi connectivity index (χ0n) is 12.8. The zero-order valence-corrected chi connectivity index (χ0v) is 12.8. The first-order chi connectivity index (χ1) is 10.8. The third-order valence-electron chi connectivity index (χ3n) is 3.36. The standard InChI is InChI=1S/C17H17FN2O3/c1-17(2,15(22)19-12-5-3-11(18)4-6-12)16(23)20-13-7-9-14(21)10-8-13/h3-10,21H,1-2H3,(H,19,22)(H,20,23). The average Bonchev–Trinajstić information content (AvgIpc) is 2.51. The van der Waals surface area contributed by atoms with Crippen LogP contribution in [0.3, 0.4) is 0 Å². The molecule has 0 atom stereocenters. The lowest BCUT2D eigenvalue weighted by Gasteiger charge is -2.22. The fourth-order valence-electron chi connectivity index (χ4n) is 1.76. The van der Waals surface area contributed by atoms with Gasteiger partial charge in [0.1, 0.15) is 17.0 Å². The number of rotatable bonds is 4. The van der Waals surface area contributed by atoms with E-state index in [9.17, 15) is 19.1 Å². The number of benzene rings is 2. The largest absolute Gasteiger partial charge is 0.508 e. The highest BCUT2D eigenvalue weighted by atomic mass is 19.1. The molecule has 5 nitrogen and oxygen atoms in total. The first kappa shape index (κ1) is 16.5. The molecule has 0 radical (unpaired) electrons. The molecule has 120 valence electrons. The quantitative estimate of drug-likeness (QED) is 0.599. The predicted molar refractivity (Wildman–Crippen MR) is 85.5 cm³/mol. The van der Waals surface area contributed by atoms with Gasteiger partial charge in [-0.1, -0.05) is 0 Å². The minimum Gasteiger partial charge on any atom is -0.508 e. The maximum atomic E-state index is 12.9. The topological polar surface area (TPSA) is 78.4 Å². The number of anilines is 2. The lowest BCUT2D eigenvalue weighted by atomic mass is 9.90. The summed E-state index contributed by atoms with van der Waals surface area (Å²) < 4.78 is 12.9. The summed E-state index contributed by atoms with van der Waals surface area (Å²) in [4.78, 5) is 24.6. The number of carbonyl (C=O) groups excluding carboxylic acids is 2. The summed E-state index contributed by atoms with van der Waals surface area (Å²) in [7, 11) is 0. The fourth-order valence-corrected chi connectivity index (χ4v) is 1.76. The van der Waals surface area contributed by atoms with Gasteiger partial charge in [0.15, 0.2) is 0 Å². The molecule has 2 amide bonds. The van der Waals surface area contributed by atoms with Crippen LogP contribution in [0.4, 0.5) is 15.8 Å². The normalized spacial score (nSPS) is 10.9. The van der Waals surface area contributed by atoms with Crippen LogP contribution in [0.15, 0.2) is 48.5 Å². The molecule has 0 bridgehead atoms. The van der Waals surface area contributed by atoms with Crippen molar-refractivity contribution >= 4 is 23.2 Å². The average molecular weight is 316 g/mol. The SMILES string of the molecule is CC(C)(C(=O)Nc1ccc(O)cc1)C(=O)Nc1ccc(F)cc1. The molecule has 2 rings (SSSR count). The predicted octanol–water partition coefficient (Wildman–Crippen LogP) is 3.13. The van der Waals surface area contributed by atoms with E-state index in [1.54, 1.807) is 0 Å². The molecule has 0 aliphatic rings. The van der Waals surface area contributed by atoms with E-state index in [1.807, 2.05) is 0 Å². The van der Waals surface area contributed by atoms with Crippen molar-refractivity contribution in [3.05, 3.63) is 54.3 Å². The molecule has 2 aromatic rings. The number of carbonyl (C=O) groups is 2. The Morgan fingerprint density at radius 3 is 1.70 bits per heavy atom. The summed E-state index contributed by atoms with van der Waals surface area (Å²) in [5.74, 6) is -1.34. The molecular weight excluding hydrogens is 299 g/mol. The molecule has 6 heteroatoms. The highest BCUT2D eigenvalue weighted by molar-refractivity contribution is 6.13. The smallest absolute Gasteiger partial charge is 0.239 e. The van der Waals surface area contributed by atoms with Gasteiger partial charge >= 0.3 is 0 Å². The van der Waals surface area contributed by atoms with Crippen LogP contribution < -0.4 is 10.6 Å². The molecule has 0 fully saturated rings. The van der Waals surface area contributed by atoms with Gasteiger partial charge in [-0.25, -0.2) is 4.39 Å². The number of nitrogens with one attached hydrogen (secondary N) is 2. The first-order valence-electron chi connectivity index (χ1n) is 6.96. The van der Waals surface area contributed by atoms with E-state index >= 15 is 0 Å². The molecule has 23 heavy (non-hydrogen) atoms. The summed E-state index contributed by atoms with van der Waals surface area (Å²) in [6.45, 7) is 2.98. The van der Waals surface area contributed by atoms with Crippen LogP contribution in [0.1, 0.15) is 13.8 Å². The number of hydrogen-bond acceptors (Lipinski definition) is 3. The van der Waals surface area contributed by atoms with E-state index in [-0.39, 0.29) is 5.75 Å². The number of halogens is 1. The zero-order chi connectivity index (χ0) is 17.0. The Kier molecular flexibility index (Phi) is 4.64. The van der Waals surface area contributed by atoms with E-state index in [4.69, 9.17) is 0 Å². The molecule has 0 aliphatic carbocycles. The van der Waals surface area contributed by atoms with Gasteiger partial charge in [0.05, 0.1) is 0 Å². The van der Waals surface area contributed by atoms with E-state index in [1.165, 1.54) is 62.4 Å². The number of amides is 2. The van der Waals surface area contributed by atoms with Gasteiger partial charge in [-0.15, -0.1) is 0 Å². The van der Waals surface area contributed by atoms with Crippen LogP contribution in [-0.4, -0.2) is 16.9 Å². The van der Waals surface area contributed by atoms with Gasteiger partial charge in [-0.05, 0) is 62.4 Å². The van der Waals surface area contributed by atoms with E-state index in [0.29, 0.717) is 11.4 Å². The van der Waals surface area contributed by atoms with Crippen molar-refractivity contribution < 1.29 is 19.1 Å². The Hall–Kier alpha value is -2.89. The molecule has 0 saturated carbocycles. The minimum absolute atomic E-state index is 0.0799. The van der Waals surface area contributed by atoms with Gasteiger partial charge in [0.2, 0.25) is 11.8 Å². The Balaban J connectivity index is 2.06. The third-order valence-corrected chi connectivity index (χ3v) is 3.36. The summed E-state index contributed by atoms with van der Waals surface area (Å²) in [6.07, 6.45) is 0. The van der Waals surface area contributed by atoms with Crippen LogP contribution in [0, 0.1) is 11.2 Å². The Bertz CT molecular complexity index is 648. The summed E-state index contributed by atoms with van der Waals surface area (Å²) in [6, 6.07) is 11.2. The van der Waals surface area contributed by atoms with Gasteiger partial charge in [-0.3, -0.25) is 9.59 Å². The van der Waals surface area contributed by atoms with E-state index in [0.717, 1.165) is 0 Å². The molecule has 0 heterocycles. The van der Waals surface area contributed by atoms with Gasteiger partial charge in [0, 0.05) is 11.4 Å². The Morgan fingerprint density at radius 2 is 1.26 bits per heavy atom. The van der Waals surface area contributed by atoms with E-state index < -0.39 is 23.0 Å². The summed E-state index contributed by atoms with van der Waals surface area (Å²) >= 11 is 0. The molecule has 3 N–H and O–H groups in total. The monoisotopic (exact) mass is 316 g/mol. The lowest BCUT2D eigenvalue weighted by Crippen LogP contribution is -2.41. The number of aromatic hydroxyl groups is 1. The van der Waals surface area contributed by atoms with Gasteiger partial charge in [0.25, 0.3) is 0 Å². The van der Waals surface area contributed by atoms with Crippen molar-refractivity contribution in [3.8, 4) is 5.75 Å². The van der Waals surface area contributed by atoms with Crippen molar-refractivity contribution in [2.75, 3.05) is 10.6 Å². The summed E-state index contributed by atoms with van der Waals surface area (Å²) in [5, 5.41) is 14.4. The molecule has 0 saturated heterocycles. The van der Waals surface area contributed by atoms with E-state index in [2.05, 4.69) is 10.6 Å². The number of hydrogen-bond donors (Lipinski definition) is 3. The van der Waals surface area contributed by atoms with Crippen molar-refractivity contribution in [2.24, 2.45) is 5.41 Å². The molecule has 0 aliphatic heterocycles. The Labute approximate surface area is 133 Å². The molecule has 0 spiro atoms. The van der Waals surface area contributed by atoms with Crippen molar-refractivity contribution in [1.29, 1.82) is 0 Å². The second kappa shape index (κ2) is 6.48. The van der Waals surface area contributed by atoms with Crippen LogP contribution in [0.2, 0.25) is 0 Å². The van der Waals surface area contributed by atoms with Crippen LogP contribution in [-0.2, 0) is 9.59 Å². The van der Waals surface area contributed by atoms with Crippen LogP contribution in [0.25, 0.3) is 0 Å². The molecule has 0 unspecified atom stereocenters. The highest BCUT2D eigenvalue weighted by Crippen LogP contribution is 2.22. The fraction of sp³-hybridized carbons (Fsp3) is 0.176. The maximum Gasteiger partial charge on any atom is 0.239 e. The second-order valence-corrected chi connectivity index (χ2v) is 5.59. The number of phenolic OH excluding ortho intramolecular Hbond substituents is 1. The van der Waals surface area contributed by atoms with Gasteiger partial charge < -0.3 is 15.7 Å². The van der Waals surface area contributed by atoms with Crippen molar-refractivity contribution in [3.63, 3.8) is 0 Å². The first-order valence-corrected chi connectivity index (χ1v) is 6.96. The van der Waals surface area contributed by atoms with Crippen molar-refractivity contribution in [1.82, 2.24) is 0 Å². The van der Waals surface area contributed by atoms with Crippen molar-refractivity contribution in [2.45, 2.75) is 13.8 Å². The van der Waals surface area contributed by atoms with Crippen LogP contribution in [0.5, 0.6) is 5.75 Å². The molecule has 0 aromatic heterocycles. The third kappa shape index (κ3) is 4.06. The van der Waals surface area contributed by atoms with Gasteiger partial charge in [-0.2, -0.15) is 0 Å². The molecule has 2 aromatic carbocycles. The molecular formula is C17H17FN2O3. The van der Waals surface area contributed by atoms with Crippen LogP contribution >= 0.6 is 0 Å².